The van der Waals surface area contributed by atoms with Crippen molar-refractivity contribution in [2.24, 2.45) is 5.92 Å². The maximum atomic E-state index is 13.5. The van der Waals surface area contributed by atoms with Gasteiger partial charge >= 0.3 is 6.03 Å². The van der Waals surface area contributed by atoms with Gasteiger partial charge in [-0.05, 0) is 42.2 Å². The van der Waals surface area contributed by atoms with E-state index in [1.54, 1.807) is 6.07 Å². The molecule has 1 atom stereocenters. The number of hydrogen-bond donors (Lipinski definition) is 1. The molecule has 168 valence electrons. The first-order chi connectivity index (χ1) is 15.5. The van der Waals surface area contributed by atoms with Crippen LogP contribution in [0.25, 0.3) is 0 Å². The first-order valence-corrected chi connectivity index (χ1v) is 11.0. The van der Waals surface area contributed by atoms with Crippen LogP contribution in [0.2, 0.25) is 0 Å². The fraction of sp³-hybridized carbons (Fsp3) is 0.417. The van der Waals surface area contributed by atoms with Crippen LogP contribution < -0.4 is 10.2 Å². The Morgan fingerprint density at radius 2 is 1.78 bits per heavy atom. The van der Waals surface area contributed by atoms with E-state index in [0.717, 1.165) is 44.2 Å². The van der Waals surface area contributed by atoms with Crippen molar-refractivity contribution in [3.63, 3.8) is 0 Å². The molecule has 2 aliphatic heterocycles. The molecule has 2 fully saturated rings. The predicted molar refractivity (Wildman–Crippen MR) is 118 cm³/mol. The number of hydrogen-bond acceptors (Lipinski definition) is 4. The maximum absolute atomic E-state index is 13.5. The number of rotatable bonds is 5. The lowest BCUT2D eigenvalue weighted by atomic mass is 10.1. The van der Waals surface area contributed by atoms with E-state index in [1.807, 2.05) is 34.1 Å². The molecule has 6 nitrogen and oxygen atoms in total. The Bertz CT molecular complexity index is 983. The van der Waals surface area contributed by atoms with Crippen molar-refractivity contribution in [3.05, 3.63) is 65.2 Å². The van der Waals surface area contributed by atoms with Crippen LogP contribution in [0.4, 0.5) is 19.3 Å². The van der Waals surface area contributed by atoms with Crippen molar-refractivity contribution in [1.29, 1.82) is 5.26 Å². The summed E-state index contributed by atoms with van der Waals surface area (Å²) < 4.78 is 26.6. The van der Waals surface area contributed by atoms with Gasteiger partial charge in [0, 0.05) is 64.1 Å². The summed E-state index contributed by atoms with van der Waals surface area (Å²) in [6.45, 7) is 5.82. The highest BCUT2D eigenvalue weighted by atomic mass is 19.2. The summed E-state index contributed by atoms with van der Waals surface area (Å²) in [5.41, 5.74) is 2.50. The zero-order valence-corrected chi connectivity index (χ0v) is 17.9. The van der Waals surface area contributed by atoms with Gasteiger partial charge in [0.25, 0.3) is 0 Å². The standard InChI is InChI=1S/C24H27F2N5O/c25-22-6-5-21(13-23(22)26)31-8-7-20(17-31)15-28-24(32)30-11-9-29(10-12-30)16-19-3-1-18(14-27)2-4-19/h1-6,13,20H,7-12,15-17H2,(H,28,32). The van der Waals surface area contributed by atoms with Crippen molar-refractivity contribution < 1.29 is 13.6 Å². The van der Waals surface area contributed by atoms with E-state index in [9.17, 15) is 13.6 Å². The molecule has 2 saturated heterocycles. The fourth-order valence-corrected chi connectivity index (χ4v) is 4.31. The zero-order chi connectivity index (χ0) is 22.5. The van der Waals surface area contributed by atoms with Crippen molar-refractivity contribution in [1.82, 2.24) is 15.1 Å². The van der Waals surface area contributed by atoms with Crippen LogP contribution in [0.15, 0.2) is 42.5 Å². The molecule has 1 unspecified atom stereocenters. The number of halogens is 2. The SMILES string of the molecule is N#Cc1ccc(CN2CCN(C(=O)NCC3CCN(c4ccc(F)c(F)c4)C3)CC2)cc1. The van der Waals surface area contributed by atoms with E-state index >= 15 is 0 Å². The number of benzene rings is 2. The van der Waals surface area contributed by atoms with Gasteiger partial charge in [0.15, 0.2) is 11.6 Å². The van der Waals surface area contributed by atoms with Crippen molar-refractivity contribution in [2.45, 2.75) is 13.0 Å². The van der Waals surface area contributed by atoms with Crippen LogP contribution in [0, 0.1) is 28.9 Å². The molecule has 0 aliphatic carbocycles. The van der Waals surface area contributed by atoms with Gasteiger partial charge in [-0.3, -0.25) is 4.90 Å². The Morgan fingerprint density at radius 3 is 2.47 bits per heavy atom. The van der Waals surface area contributed by atoms with E-state index in [-0.39, 0.29) is 11.9 Å². The van der Waals surface area contributed by atoms with E-state index in [1.165, 1.54) is 6.07 Å². The molecule has 0 spiro atoms. The third kappa shape index (κ3) is 5.35. The Balaban J connectivity index is 1.18. The quantitative estimate of drug-likeness (QED) is 0.777. The second kappa shape index (κ2) is 9.96. The minimum atomic E-state index is -0.839. The van der Waals surface area contributed by atoms with Crippen LogP contribution >= 0.6 is 0 Å². The lowest BCUT2D eigenvalue weighted by Crippen LogP contribution is -2.52. The monoisotopic (exact) mass is 439 g/mol. The molecule has 0 bridgehead atoms. The number of nitriles is 1. The highest BCUT2D eigenvalue weighted by Gasteiger charge is 2.26. The van der Waals surface area contributed by atoms with Crippen LogP contribution in [0.3, 0.4) is 0 Å². The number of carbonyl (C=O) groups is 1. The van der Waals surface area contributed by atoms with Crippen LogP contribution in [-0.2, 0) is 6.54 Å². The molecule has 32 heavy (non-hydrogen) atoms. The number of carbonyl (C=O) groups excluding carboxylic acids is 1. The molecule has 8 heteroatoms. The molecule has 4 rings (SSSR count). The van der Waals surface area contributed by atoms with E-state index in [2.05, 4.69) is 16.3 Å². The molecule has 0 aromatic heterocycles. The molecule has 2 heterocycles. The maximum Gasteiger partial charge on any atom is 0.317 e. The Morgan fingerprint density at radius 1 is 1.03 bits per heavy atom. The van der Waals surface area contributed by atoms with Gasteiger partial charge in [-0.15, -0.1) is 0 Å². The summed E-state index contributed by atoms with van der Waals surface area (Å²) in [5.74, 6) is -1.39. The molecular formula is C24H27F2N5O. The molecule has 2 aliphatic rings. The van der Waals surface area contributed by atoms with Gasteiger partial charge in [0.2, 0.25) is 0 Å². The number of urea groups is 1. The van der Waals surface area contributed by atoms with Gasteiger partial charge in [-0.2, -0.15) is 5.26 Å². The first kappa shape index (κ1) is 22.0. The highest BCUT2D eigenvalue weighted by Crippen LogP contribution is 2.25. The Labute approximate surface area is 187 Å². The van der Waals surface area contributed by atoms with E-state index < -0.39 is 11.6 Å². The number of nitrogens with one attached hydrogen (secondary N) is 1. The van der Waals surface area contributed by atoms with Gasteiger partial charge < -0.3 is 15.1 Å². The molecule has 0 saturated carbocycles. The first-order valence-electron chi connectivity index (χ1n) is 11.0. The lowest BCUT2D eigenvalue weighted by Gasteiger charge is -2.35. The average Bonchev–Trinajstić information content (AvgIpc) is 3.29. The molecule has 2 aromatic carbocycles. The van der Waals surface area contributed by atoms with Crippen LogP contribution in [-0.4, -0.2) is 61.6 Å². The topological polar surface area (TPSA) is 62.6 Å². The summed E-state index contributed by atoms with van der Waals surface area (Å²) in [7, 11) is 0. The predicted octanol–water partition coefficient (Wildman–Crippen LogP) is 3.19. The van der Waals surface area contributed by atoms with Gasteiger partial charge in [-0.1, -0.05) is 12.1 Å². The van der Waals surface area contributed by atoms with Crippen molar-refractivity contribution in [3.8, 4) is 6.07 Å². The number of amides is 2. The number of nitrogens with zero attached hydrogens (tertiary/aromatic N) is 4. The summed E-state index contributed by atoms with van der Waals surface area (Å²) in [4.78, 5) is 18.8. The normalized spacial score (nSPS) is 19.1. The van der Waals surface area contributed by atoms with Crippen molar-refractivity contribution in [2.75, 3.05) is 50.7 Å². The van der Waals surface area contributed by atoms with Crippen molar-refractivity contribution >= 4 is 11.7 Å². The smallest absolute Gasteiger partial charge is 0.317 e. The Hall–Kier alpha value is -3.18. The van der Waals surface area contributed by atoms with E-state index in [0.29, 0.717) is 37.4 Å². The summed E-state index contributed by atoms with van der Waals surface area (Å²) in [5, 5.41) is 11.9. The molecule has 1 N–H and O–H groups in total. The summed E-state index contributed by atoms with van der Waals surface area (Å²) in [6, 6.07) is 13.7. The minimum absolute atomic E-state index is 0.0469. The minimum Gasteiger partial charge on any atom is -0.371 e. The lowest BCUT2D eigenvalue weighted by molar-refractivity contribution is 0.134. The summed E-state index contributed by atoms with van der Waals surface area (Å²) >= 11 is 0. The second-order valence-corrected chi connectivity index (χ2v) is 8.46. The zero-order valence-electron chi connectivity index (χ0n) is 17.9. The third-order valence-corrected chi connectivity index (χ3v) is 6.24. The van der Waals surface area contributed by atoms with Crippen LogP contribution in [0.1, 0.15) is 17.5 Å². The highest BCUT2D eigenvalue weighted by molar-refractivity contribution is 5.74. The molecule has 0 radical (unpaired) electrons. The number of anilines is 1. The van der Waals surface area contributed by atoms with Gasteiger partial charge in [0.05, 0.1) is 11.6 Å². The molecular weight excluding hydrogens is 412 g/mol. The second-order valence-electron chi connectivity index (χ2n) is 8.46. The molecule has 2 amide bonds. The summed E-state index contributed by atoms with van der Waals surface area (Å²) in [6.07, 6.45) is 0.900. The van der Waals surface area contributed by atoms with Crippen LogP contribution in [0.5, 0.6) is 0 Å². The molecule has 2 aromatic rings. The van der Waals surface area contributed by atoms with E-state index in [4.69, 9.17) is 5.26 Å². The van der Waals surface area contributed by atoms with Gasteiger partial charge in [0.1, 0.15) is 0 Å². The average molecular weight is 440 g/mol. The third-order valence-electron chi connectivity index (χ3n) is 6.24. The largest absolute Gasteiger partial charge is 0.371 e. The Kier molecular flexibility index (Phi) is 6.86. The van der Waals surface area contributed by atoms with Gasteiger partial charge in [-0.25, -0.2) is 13.6 Å². The fourth-order valence-electron chi connectivity index (χ4n) is 4.31. The number of piperazine rings is 1.